The lowest BCUT2D eigenvalue weighted by Crippen LogP contribution is -2.30. The predicted octanol–water partition coefficient (Wildman–Crippen LogP) is 4.82. The van der Waals surface area contributed by atoms with Gasteiger partial charge in [0.05, 0.1) is 16.7 Å². The standard InChI is InChI=1S/C21H23N3.ClH/c1-4-12-24-16(3)15(2)20-21(24)19(9-11-22-20)23-13-10-17-7-5-6-8-18(17)14-23;/h4-9,11H,1,10,12-14H2,2-3H3;1H. The molecule has 0 bridgehead atoms. The summed E-state index contributed by atoms with van der Waals surface area (Å²) in [5, 5.41) is 0. The van der Waals surface area contributed by atoms with Crippen LogP contribution in [0.1, 0.15) is 22.4 Å². The second-order valence-electron chi connectivity index (χ2n) is 6.58. The highest BCUT2D eigenvalue weighted by Crippen LogP contribution is 2.34. The van der Waals surface area contributed by atoms with Crippen LogP contribution in [0.4, 0.5) is 5.69 Å². The van der Waals surface area contributed by atoms with Crippen molar-refractivity contribution in [3.05, 3.63) is 71.6 Å². The summed E-state index contributed by atoms with van der Waals surface area (Å²) in [6, 6.07) is 10.9. The minimum atomic E-state index is 0. The number of anilines is 1. The highest BCUT2D eigenvalue weighted by Gasteiger charge is 2.21. The first-order valence-electron chi connectivity index (χ1n) is 8.57. The van der Waals surface area contributed by atoms with Crippen molar-refractivity contribution in [1.29, 1.82) is 0 Å². The van der Waals surface area contributed by atoms with E-state index in [4.69, 9.17) is 0 Å². The summed E-state index contributed by atoms with van der Waals surface area (Å²) in [6.07, 6.45) is 5.01. The molecule has 3 aromatic rings. The van der Waals surface area contributed by atoms with E-state index in [1.165, 1.54) is 33.6 Å². The Hall–Kier alpha value is -2.26. The van der Waals surface area contributed by atoms with Crippen LogP contribution in [0.3, 0.4) is 0 Å². The van der Waals surface area contributed by atoms with Crippen LogP contribution in [0.25, 0.3) is 11.0 Å². The number of aromatic nitrogens is 2. The topological polar surface area (TPSA) is 21.1 Å². The molecule has 0 fully saturated rings. The van der Waals surface area contributed by atoms with Crippen LogP contribution >= 0.6 is 12.4 Å². The molecule has 2 aromatic heterocycles. The van der Waals surface area contributed by atoms with Crippen molar-refractivity contribution in [2.45, 2.75) is 33.4 Å². The predicted molar refractivity (Wildman–Crippen MR) is 108 cm³/mol. The smallest absolute Gasteiger partial charge is 0.0934 e. The number of hydrogen-bond acceptors (Lipinski definition) is 2. The summed E-state index contributed by atoms with van der Waals surface area (Å²) in [5.74, 6) is 0. The zero-order valence-corrected chi connectivity index (χ0v) is 15.6. The molecule has 0 atom stereocenters. The molecule has 0 radical (unpaired) electrons. The van der Waals surface area contributed by atoms with Crippen LogP contribution in [0.15, 0.2) is 49.2 Å². The first kappa shape index (κ1) is 17.6. The number of benzene rings is 1. The van der Waals surface area contributed by atoms with E-state index in [1.807, 2.05) is 12.3 Å². The quantitative estimate of drug-likeness (QED) is 0.629. The first-order valence-corrected chi connectivity index (χ1v) is 8.57. The molecule has 3 heterocycles. The molecule has 0 saturated heterocycles. The maximum absolute atomic E-state index is 4.66. The summed E-state index contributed by atoms with van der Waals surface area (Å²) in [7, 11) is 0. The Bertz CT molecular complexity index is 926. The summed E-state index contributed by atoms with van der Waals surface area (Å²) in [5.41, 5.74) is 9.11. The van der Waals surface area contributed by atoms with Crippen LogP contribution in [0.2, 0.25) is 0 Å². The van der Waals surface area contributed by atoms with Gasteiger partial charge in [-0.1, -0.05) is 30.3 Å². The Kier molecular flexibility index (Phi) is 4.87. The fourth-order valence-corrected chi connectivity index (χ4v) is 3.84. The number of halogens is 1. The molecule has 0 saturated carbocycles. The SMILES string of the molecule is C=CCn1c(C)c(C)c2nccc(N3CCc4ccccc4C3)c21.Cl. The molecule has 4 heteroatoms. The van der Waals surface area contributed by atoms with Gasteiger partial charge in [-0.2, -0.15) is 0 Å². The summed E-state index contributed by atoms with van der Waals surface area (Å²) >= 11 is 0. The van der Waals surface area contributed by atoms with Gasteiger partial charge in [-0.15, -0.1) is 19.0 Å². The minimum absolute atomic E-state index is 0. The Balaban J connectivity index is 0.00000182. The van der Waals surface area contributed by atoms with Crippen molar-refractivity contribution < 1.29 is 0 Å². The molecule has 1 aliphatic rings. The lowest BCUT2D eigenvalue weighted by molar-refractivity contribution is 0.729. The average Bonchev–Trinajstić information content (AvgIpc) is 2.87. The van der Waals surface area contributed by atoms with E-state index in [2.05, 4.69) is 65.2 Å². The van der Waals surface area contributed by atoms with Gasteiger partial charge in [0.15, 0.2) is 0 Å². The molecular formula is C21H24ClN3. The second kappa shape index (κ2) is 6.93. The van der Waals surface area contributed by atoms with Crippen LogP contribution in [0.5, 0.6) is 0 Å². The van der Waals surface area contributed by atoms with E-state index >= 15 is 0 Å². The lowest BCUT2D eigenvalue weighted by Gasteiger charge is -2.31. The van der Waals surface area contributed by atoms with Gasteiger partial charge >= 0.3 is 0 Å². The highest BCUT2D eigenvalue weighted by atomic mass is 35.5. The molecule has 0 amide bonds. The molecule has 0 unspecified atom stereocenters. The van der Waals surface area contributed by atoms with Gasteiger partial charge < -0.3 is 9.47 Å². The lowest BCUT2D eigenvalue weighted by atomic mass is 9.99. The zero-order valence-electron chi connectivity index (χ0n) is 14.8. The monoisotopic (exact) mass is 353 g/mol. The molecule has 130 valence electrons. The van der Waals surface area contributed by atoms with E-state index in [0.29, 0.717) is 0 Å². The third-order valence-electron chi connectivity index (χ3n) is 5.26. The number of allylic oxidation sites excluding steroid dienone is 1. The average molecular weight is 354 g/mol. The highest BCUT2D eigenvalue weighted by molar-refractivity contribution is 5.92. The van der Waals surface area contributed by atoms with Crippen molar-refractivity contribution >= 4 is 29.1 Å². The van der Waals surface area contributed by atoms with Gasteiger partial charge in [0.2, 0.25) is 0 Å². The van der Waals surface area contributed by atoms with Crippen molar-refractivity contribution in [3.63, 3.8) is 0 Å². The minimum Gasteiger partial charge on any atom is -0.365 e. The number of fused-ring (bicyclic) bond motifs is 2. The fraction of sp³-hybridized carbons (Fsp3) is 0.286. The van der Waals surface area contributed by atoms with Gasteiger partial charge in [-0.3, -0.25) is 4.98 Å². The van der Waals surface area contributed by atoms with Crippen LogP contribution in [-0.4, -0.2) is 16.1 Å². The molecule has 1 aliphatic heterocycles. The van der Waals surface area contributed by atoms with E-state index in [-0.39, 0.29) is 12.4 Å². The molecule has 1 aromatic carbocycles. The Morgan fingerprint density at radius 1 is 1.16 bits per heavy atom. The molecule has 3 nitrogen and oxygen atoms in total. The van der Waals surface area contributed by atoms with Crippen molar-refractivity contribution in [2.75, 3.05) is 11.4 Å². The van der Waals surface area contributed by atoms with Gasteiger partial charge in [0.1, 0.15) is 0 Å². The second-order valence-corrected chi connectivity index (χ2v) is 6.58. The number of rotatable bonds is 3. The Morgan fingerprint density at radius 2 is 1.92 bits per heavy atom. The summed E-state index contributed by atoms with van der Waals surface area (Å²) < 4.78 is 2.35. The van der Waals surface area contributed by atoms with Gasteiger partial charge in [0.25, 0.3) is 0 Å². The number of pyridine rings is 1. The van der Waals surface area contributed by atoms with Gasteiger partial charge in [-0.05, 0) is 43.0 Å². The maximum atomic E-state index is 4.66. The van der Waals surface area contributed by atoms with Gasteiger partial charge in [0, 0.05) is 31.5 Å². The third kappa shape index (κ3) is 2.83. The van der Waals surface area contributed by atoms with Crippen molar-refractivity contribution in [2.24, 2.45) is 0 Å². The van der Waals surface area contributed by atoms with Crippen molar-refractivity contribution in [1.82, 2.24) is 9.55 Å². The van der Waals surface area contributed by atoms with Crippen LogP contribution < -0.4 is 4.90 Å². The molecule has 0 spiro atoms. The van der Waals surface area contributed by atoms with Crippen LogP contribution in [0, 0.1) is 13.8 Å². The normalized spacial score (nSPS) is 13.4. The molecule has 0 aliphatic carbocycles. The number of nitrogens with zero attached hydrogens (tertiary/aromatic N) is 3. The maximum Gasteiger partial charge on any atom is 0.0934 e. The zero-order chi connectivity index (χ0) is 16.7. The third-order valence-corrected chi connectivity index (χ3v) is 5.26. The molecule has 25 heavy (non-hydrogen) atoms. The molecule has 4 rings (SSSR count). The fourth-order valence-electron chi connectivity index (χ4n) is 3.84. The Morgan fingerprint density at radius 3 is 2.68 bits per heavy atom. The van der Waals surface area contributed by atoms with E-state index in [9.17, 15) is 0 Å². The molecule has 0 N–H and O–H groups in total. The summed E-state index contributed by atoms with van der Waals surface area (Å²) in [6.45, 7) is 11.1. The first-order chi connectivity index (χ1) is 11.7. The largest absolute Gasteiger partial charge is 0.365 e. The van der Waals surface area contributed by atoms with Gasteiger partial charge in [-0.25, -0.2) is 0 Å². The van der Waals surface area contributed by atoms with E-state index < -0.39 is 0 Å². The number of aryl methyl sites for hydroxylation is 1. The molecular weight excluding hydrogens is 330 g/mol. The summed E-state index contributed by atoms with van der Waals surface area (Å²) in [4.78, 5) is 7.15. The Labute approximate surface area is 155 Å². The van der Waals surface area contributed by atoms with Crippen LogP contribution in [-0.2, 0) is 19.5 Å². The number of hydrogen-bond donors (Lipinski definition) is 0. The van der Waals surface area contributed by atoms with E-state index in [1.54, 1.807) is 0 Å². The van der Waals surface area contributed by atoms with E-state index in [0.717, 1.165) is 31.6 Å². The van der Waals surface area contributed by atoms with Crippen molar-refractivity contribution in [3.8, 4) is 0 Å².